The summed E-state index contributed by atoms with van der Waals surface area (Å²) in [4.78, 5) is 183. The summed E-state index contributed by atoms with van der Waals surface area (Å²) in [5.41, 5.74) is 10.6. The van der Waals surface area contributed by atoms with Gasteiger partial charge in [-0.05, 0) is 142 Å². The van der Waals surface area contributed by atoms with E-state index in [1.807, 2.05) is 24.3 Å². The van der Waals surface area contributed by atoms with E-state index < -0.39 is 160 Å². The molecule has 2 bridgehead atoms. The minimum atomic E-state index is -1.93. The molecule has 0 spiro atoms. The first-order valence-electron chi connectivity index (χ1n) is 36.3. The van der Waals surface area contributed by atoms with Crippen molar-refractivity contribution in [2.45, 2.75) is 210 Å². The number of aromatic amines is 1. The van der Waals surface area contributed by atoms with Gasteiger partial charge in [0, 0.05) is 73.0 Å². The van der Waals surface area contributed by atoms with Crippen molar-refractivity contribution in [1.82, 2.24) is 68.0 Å². The van der Waals surface area contributed by atoms with Gasteiger partial charge in [0.15, 0.2) is 0 Å². The molecule has 2 aliphatic heterocycles. The average Bonchev–Trinajstić information content (AvgIpc) is 1.50. The first-order valence-corrected chi connectivity index (χ1v) is 38.7. The molecule has 4 heterocycles. The molecule has 1 fully saturated rings. The second kappa shape index (κ2) is 39.0. The lowest BCUT2D eigenvalue weighted by Crippen LogP contribution is -2.67. The Morgan fingerprint density at radius 2 is 1.22 bits per heavy atom. The van der Waals surface area contributed by atoms with Crippen LogP contribution in [-0.2, 0) is 88.3 Å². The maximum absolute atomic E-state index is 15.1. The largest absolute Gasteiger partial charge is 0.508 e. The van der Waals surface area contributed by atoms with Crippen LogP contribution in [-0.4, -0.2) is 208 Å². The normalized spacial score (nSPS) is 26.0. The van der Waals surface area contributed by atoms with Crippen LogP contribution in [0.4, 0.5) is 0 Å². The van der Waals surface area contributed by atoms with Gasteiger partial charge < -0.3 is 94.9 Å². The monoisotopic (exact) mass is 1550 g/mol. The summed E-state index contributed by atoms with van der Waals surface area (Å²) in [5.74, 6) is -10.2. The van der Waals surface area contributed by atoms with Crippen molar-refractivity contribution in [1.29, 1.82) is 0 Å². The highest BCUT2D eigenvalue weighted by Crippen LogP contribution is 2.27. The number of primary amides is 1. The standard InChI is InChI=1S/C76H105N15O16S2/c1-41(2)76(10)73(107)88-60(44(5)93)69(103)85-56(62(78)97)40-109-39-48-16-11-15-47(33-48)38-108-32-27-58(96)86-61(74(6,7)8)70(104)84-55(35-46-21-25-51(95)26-22-46)71(105)91-31-13-18-57(91)67(101)87-59(43(4)92)68(102)83-54(36-49-37-80-63-52(49)17-12-30-79-63)65(99)89-75(9,28-14-29-77)72(106)81-42(3)64(98)82-53(66(100)90-76)34-45-19-23-50(94)24-20-45/h11-12,15-17,19-26,30,33,37,41-44,53-57,59-61,92-95H,13-14,18,27-29,31-32,34-36,38-40,77H2,1-10H3,(H2,78,97)(H,79,80)(H,81,106)(H,82,98)(H,83,102)(H,84,104)(H,85,103)(H,86,96)(H,87,101)(H,88,107)(H,89,99)(H,90,100)/t42-,43+,44+,53-,54-,55-,56-,57-,59-,60-,61+,75-,76-/m0/s1. The number of nitrogens with two attached hydrogens (primary N) is 2. The van der Waals surface area contributed by atoms with E-state index in [0.717, 1.165) is 11.1 Å². The molecule has 5 aromatic rings. The maximum Gasteiger partial charge on any atom is 0.246 e. The van der Waals surface area contributed by atoms with Gasteiger partial charge in [-0.2, -0.15) is 23.5 Å². The highest BCUT2D eigenvalue weighted by molar-refractivity contribution is 7.98. The number of nitrogens with zero attached hydrogens (tertiary/aromatic N) is 2. The number of aromatic nitrogens is 2. The lowest BCUT2D eigenvalue weighted by molar-refractivity contribution is -0.143. The fourth-order valence-electron chi connectivity index (χ4n) is 12.5. The molecule has 19 N–H and O–H groups in total. The van der Waals surface area contributed by atoms with Gasteiger partial charge in [-0.1, -0.05) is 83.1 Å². The number of aliphatic hydroxyl groups excluding tert-OH is 2. The Kier molecular flexibility index (Phi) is 30.9. The number of H-pyrrole nitrogens is 1. The number of rotatable bonds is 13. The van der Waals surface area contributed by atoms with Crippen molar-refractivity contribution in [2.75, 3.05) is 24.6 Å². The van der Waals surface area contributed by atoms with Gasteiger partial charge >= 0.3 is 0 Å². The van der Waals surface area contributed by atoms with E-state index in [1.165, 1.54) is 106 Å². The van der Waals surface area contributed by atoms with E-state index in [-0.39, 0.29) is 75.3 Å². The van der Waals surface area contributed by atoms with Crippen LogP contribution >= 0.6 is 23.5 Å². The molecule has 31 nitrogen and oxygen atoms in total. The summed E-state index contributed by atoms with van der Waals surface area (Å²) >= 11 is 2.72. The summed E-state index contributed by atoms with van der Waals surface area (Å²) < 4.78 is 0. The predicted octanol–water partition coefficient (Wildman–Crippen LogP) is 0.899. The van der Waals surface area contributed by atoms with Crippen LogP contribution in [0.5, 0.6) is 11.5 Å². The number of phenolic OH excluding ortho intramolecular Hbond substituents is 2. The molecule has 0 saturated carbocycles. The van der Waals surface area contributed by atoms with Crippen LogP contribution < -0.4 is 64.6 Å². The third-order valence-corrected chi connectivity index (χ3v) is 21.6. The lowest BCUT2D eigenvalue weighted by Gasteiger charge is -2.36. The van der Waals surface area contributed by atoms with Crippen molar-refractivity contribution in [3.8, 4) is 11.5 Å². The first kappa shape index (κ1) is 86.4. The van der Waals surface area contributed by atoms with Crippen LogP contribution in [0.2, 0.25) is 0 Å². The van der Waals surface area contributed by atoms with E-state index in [0.29, 0.717) is 51.4 Å². The van der Waals surface area contributed by atoms with Crippen LogP contribution in [0.15, 0.2) is 97.3 Å². The molecule has 13 atom stereocenters. The molecule has 2 aliphatic rings. The van der Waals surface area contributed by atoms with Gasteiger partial charge in [-0.3, -0.25) is 57.5 Å². The number of benzene rings is 3. The van der Waals surface area contributed by atoms with Crippen LogP contribution in [0, 0.1) is 11.3 Å². The Morgan fingerprint density at radius 1 is 0.651 bits per heavy atom. The Hall–Kier alpha value is -9.83. The van der Waals surface area contributed by atoms with E-state index >= 15 is 9.59 Å². The van der Waals surface area contributed by atoms with E-state index in [2.05, 4.69) is 63.1 Å². The molecule has 0 aliphatic carbocycles. The zero-order valence-electron chi connectivity index (χ0n) is 63.1. The van der Waals surface area contributed by atoms with E-state index in [4.69, 9.17) is 11.5 Å². The van der Waals surface area contributed by atoms with Crippen molar-refractivity contribution in [2.24, 2.45) is 22.8 Å². The second-order valence-electron chi connectivity index (χ2n) is 29.7. The molecule has 12 amide bonds. The van der Waals surface area contributed by atoms with E-state index in [9.17, 15) is 68.4 Å². The minimum Gasteiger partial charge on any atom is -0.508 e. The third-order valence-electron chi connectivity index (χ3n) is 19.5. The van der Waals surface area contributed by atoms with Crippen molar-refractivity contribution < 1.29 is 78.0 Å². The summed E-state index contributed by atoms with van der Waals surface area (Å²) in [6.07, 6.45) is -0.443. The Balaban J connectivity index is 1.23. The number of carbonyl (C=O) groups excluding carboxylic acids is 12. The van der Waals surface area contributed by atoms with Crippen molar-refractivity contribution >= 4 is 105 Å². The summed E-state index contributed by atoms with van der Waals surface area (Å²) in [7, 11) is 0. The molecule has 0 unspecified atom stereocenters. The zero-order chi connectivity index (χ0) is 80.2. The number of phenols is 2. The third kappa shape index (κ3) is 24.1. The smallest absolute Gasteiger partial charge is 0.246 e. The topological polar surface area (TPSA) is 490 Å². The van der Waals surface area contributed by atoms with Crippen LogP contribution in [0.3, 0.4) is 0 Å². The molecule has 3 aromatic carbocycles. The number of carbonyl (C=O) groups is 12. The summed E-state index contributed by atoms with van der Waals surface area (Å²) in [5, 5.41) is 70.2. The quantitative estimate of drug-likeness (QED) is 0.0778. The van der Waals surface area contributed by atoms with Gasteiger partial charge in [-0.15, -0.1) is 0 Å². The number of pyridine rings is 1. The first-order chi connectivity index (χ1) is 51.4. The molecular formula is C76H105N15O16S2. The van der Waals surface area contributed by atoms with Gasteiger partial charge in [0.25, 0.3) is 0 Å². The fraction of sp³-hybridized carbons (Fsp3) is 0.513. The van der Waals surface area contributed by atoms with Gasteiger partial charge in [0.1, 0.15) is 82.6 Å². The molecule has 33 heteroatoms. The number of thioether (sulfide) groups is 2. The van der Waals surface area contributed by atoms with Crippen LogP contribution in [0.1, 0.15) is 129 Å². The molecule has 7 rings (SSSR count). The number of aliphatic hydroxyl groups is 2. The molecule has 109 heavy (non-hydrogen) atoms. The lowest BCUT2D eigenvalue weighted by atomic mass is 9.85. The fourth-order valence-corrected chi connectivity index (χ4v) is 14.4. The number of nitrogens with one attached hydrogen (secondary N) is 11. The van der Waals surface area contributed by atoms with Crippen molar-refractivity contribution in [3.05, 3.63) is 125 Å². The Bertz CT molecular complexity index is 4060. The molecule has 592 valence electrons. The second-order valence-corrected chi connectivity index (χ2v) is 31.8. The minimum absolute atomic E-state index is 0.00775. The van der Waals surface area contributed by atoms with E-state index in [1.54, 1.807) is 65.1 Å². The molecule has 1 saturated heterocycles. The zero-order valence-corrected chi connectivity index (χ0v) is 64.8. The molecular weight excluding hydrogens is 1440 g/mol. The molecule has 0 radical (unpaired) electrons. The Morgan fingerprint density at radius 3 is 1.82 bits per heavy atom. The number of fused-ring (bicyclic) bond motifs is 4. The number of hydrogen-bond acceptors (Lipinski definition) is 20. The molecule has 2 aromatic heterocycles. The summed E-state index contributed by atoms with van der Waals surface area (Å²) in [6, 6.07) is 9.33. The van der Waals surface area contributed by atoms with Gasteiger partial charge in [-0.25, -0.2) is 4.98 Å². The number of aromatic hydroxyl groups is 2. The van der Waals surface area contributed by atoms with Crippen molar-refractivity contribution in [3.63, 3.8) is 0 Å². The Labute approximate surface area is 642 Å². The number of amides is 12. The summed E-state index contributed by atoms with van der Waals surface area (Å²) in [6.45, 7) is 15.0. The maximum atomic E-state index is 15.1. The predicted molar refractivity (Wildman–Crippen MR) is 411 cm³/mol. The number of hydrogen-bond donors (Lipinski definition) is 17. The highest BCUT2D eigenvalue weighted by Gasteiger charge is 2.46. The van der Waals surface area contributed by atoms with Gasteiger partial charge in [0.05, 0.1) is 12.2 Å². The SMILES string of the molecule is CC(C)[C@]1(C)NC(=O)[C@H](Cc2ccc(O)cc2)NC(=O)[C@H](C)NC(=O)[C@](C)(CCCN)NC(=O)[C@H](Cc2c[nH]c3ncccc23)NC(=O)[C@H]([C@@H](C)O)NC(=O)[C@@H]2CCCN2C(=O)[C@H](Cc2ccc(O)cc2)NC(=O)[C@H](C(C)(C)C)NC(=O)CCSCc2cccc(c2)CSC[C@@H](C(N)=O)NC(=O)[C@H]([C@@H](C)O)NC1=O. The van der Waals surface area contributed by atoms with Gasteiger partial charge in [0.2, 0.25) is 70.9 Å². The highest BCUT2D eigenvalue weighted by atomic mass is 32.2. The average molecular weight is 1550 g/mol. The van der Waals surface area contributed by atoms with Crippen LogP contribution in [0.25, 0.3) is 11.0 Å².